The summed E-state index contributed by atoms with van der Waals surface area (Å²) in [6.45, 7) is 0.797. The highest BCUT2D eigenvalue weighted by molar-refractivity contribution is 5.98. The van der Waals surface area contributed by atoms with E-state index in [1.54, 1.807) is 0 Å². The van der Waals surface area contributed by atoms with Crippen molar-refractivity contribution in [2.45, 2.75) is 13.0 Å². The summed E-state index contributed by atoms with van der Waals surface area (Å²) in [7, 11) is 3.96. The zero-order valence-electron chi connectivity index (χ0n) is 11.1. The smallest absolute Gasteiger partial charge is 0.307 e. The van der Waals surface area contributed by atoms with Crippen molar-refractivity contribution in [1.82, 2.24) is 4.90 Å². The predicted molar refractivity (Wildman–Crippen MR) is 71.7 cm³/mol. The summed E-state index contributed by atoms with van der Waals surface area (Å²) < 4.78 is 0. The number of anilines is 1. The Kier molecular flexibility index (Phi) is 3.85. The summed E-state index contributed by atoms with van der Waals surface area (Å²) in [6.07, 6.45) is 0.443. The van der Waals surface area contributed by atoms with Gasteiger partial charge in [0.15, 0.2) is 0 Å². The van der Waals surface area contributed by atoms with Crippen LogP contribution < -0.4 is 5.32 Å². The molecule has 1 aliphatic carbocycles. The van der Waals surface area contributed by atoms with Gasteiger partial charge in [-0.05, 0) is 38.2 Å². The largest absolute Gasteiger partial charge is 0.481 e. The van der Waals surface area contributed by atoms with Gasteiger partial charge in [0.2, 0.25) is 5.91 Å². The van der Waals surface area contributed by atoms with Crippen LogP contribution in [0.25, 0.3) is 0 Å². The van der Waals surface area contributed by atoms with E-state index in [2.05, 4.69) is 5.32 Å². The lowest BCUT2D eigenvalue weighted by Crippen LogP contribution is -2.17. The highest BCUT2D eigenvalue weighted by atomic mass is 16.4. The van der Waals surface area contributed by atoms with Gasteiger partial charge in [0, 0.05) is 12.2 Å². The molecule has 0 aromatic heterocycles. The SMILES string of the molecule is CN(C)Cc1cccc(NC(=O)C2CC2C(=O)O)c1. The molecule has 1 aromatic carbocycles. The van der Waals surface area contributed by atoms with Crippen LogP contribution in [-0.4, -0.2) is 36.0 Å². The normalized spacial score (nSPS) is 21.2. The van der Waals surface area contributed by atoms with Crippen molar-refractivity contribution in [1.29, 1.82) is 0 Å². The molecule has 1 aliphatic rings. The number of nitrogens with zero attached hydrogens (tertiary/aromatic N) is 1. The van der Waals surface area contributed by atoms with Crippen LogP contribution in [0.2, 0.25) is 0 Å². The molecule has 5 heteroatoms. The number of nitrogens with one attached hydrogen (secondary N) is 1. The van der Waals surface area contributed by atoms with E-state index >= 15 is 0 Å². The second kappa shape index (κ2) is 5.40. The third-order valence-corrected chi connectivity index (χ3v) is 3.14. The number of aliphatic carboxylic acids is 1. The van der Waals surface area contributed by atoms with E-state index in [1.165, 1.54) is 0 Å². The van der Waals surface area contributed by atoms with E-state index < -0.39 is 11.9 Å². The molecule has 0 saturated heterocycles. The Morgan fingerprint density at radius 2 is 2.11 bits per heavy atom. The average Bonchev–Trinajstić information content (AvgIpc) is 3.08. The number of hydrogen-bond acceptors (Lipinski definition) is 3. The first kappa shape index (κ1) is 13.5. The summed E-state index contributed by atoms with van der Waals surface area (Å²) in [5.74, 6) is -1.98. The van der Waals surface area contributed by atoms with Crippen LogP contribution in [0.4, 0.5) is 5.69 Å². The lowest BCUT2D eigenvalue weighted by molar-refractivity contribution is -0.139. The van der Waals surface area contributed by atoms with E-state index in [1.807, 2.05) is 43.3 Å². The van der Waals surface area contributed by atoms with Gasteiger partial charge in [-0.25, -0.2) is 0 Å². The van der Waals surface area contributed by atoms with Crippen LogP contribution in [0.5, 0.6) is 0 Å². The first-order valence-corrected chi connectivity index (χ1v) is 6.24. The molecule has 0 spiro atoms. The Balaban J connectivity index is 1.96. The van der Waals surface area contributed by atoms with Gasteiger partial charge in [-0.15, -0.1) is 0 Å². The quantitative estimate of drug-likeness (QED) is 0.841. The topological polar surface area (TPSA) is 69.6 Å². The zero-order chi connectivity index (χ0) is 14.0. The Hall–Kier alpha value is -1.88. The Morgan fingerprint density at radius 3 is 2.68 bits per heavy atom. The van der Waals surface area contributed by atoms with E-state index in [0.717, 1.165) is 17.8 Å². The van der Waals surface area contributed by atoms with E-state index in [4.69, 9.17) is 5.11 Å². The number of amides is 1. The molecule has 0 radical (unpaired) electrons. The van der Waals surface area contributed by atoms with E-state index in [-0.39, 0.29) is 11.8 Å². The Morgan fingerprint density at radius 1 is 1.37 bits per heavy atom. The van der Waals surface area contributed by atoms with Gasteiger partial charge in [0.05, 0.1) is 11.8 Å². The maximum atomic E-state index is 11.8. The number of carboxylic acids is 1. The van der Waals surface area contributed by atoms with Crippen molar-refractivity contribution in [3.8, 4) is 0 Å². The predicted octanol–water partition coefficient (Wildman–Crippen LogP) is 1.41. The second-order valence-electron chi connectivity index (χ2n) is 5.21. The molecule has 0 aliphatic heterocycles. The molecular weight excluding hydrogens is 244 g/mol. The van der Waals surface area contributed by atoms with Crippen molar-refractivity contribution in [3.05, 3.63) is 29.8 Å². The lowest BCUT2D eigenvalue weighted by Gasteiger charge is -2.11. The fourth-order valence-electron chi connectivity index (χ4n) is 2.11. The highest BCUT2D eigenvalue weighted by Crippen LogP contribution is 2.39. The van der Waals surface area contributed by atoms with Gasteiger partial charge in [0.25, 0.3) is 0 Å². The molecule has 2 N–H and O–H groups in total. The molecule has 1 aromatic rings. The first-order chi connectivity index (χ1) is 8.97. The van der Waals surface area contributed by atoms with Crippen LogP contribution in [0.1, 0.15) is 12.0 Å². The van der Waals surface area contributed by atoms with E-state index in [9.17, 15) is 9.59 Å². The van der Waals surface area contributed by atoms with Crippen LogP contribution >= 0.6 is 0 Å². The van der Waals surface area contributed by atoms with E-state index in [0.29, 0.717) is 6.42 Å². The Bertz CT molecular complexity index is 499. The number of carboxylic acid groups (broad SMARTS) is 1. The van der Waals surface area contributed by atoms with Crippen molar-refractivity contribution in [3.63, 3.8) is 0 Å². The number of carbonyl (C=O) groups excluding carboxylic acids is 1. The molecule has 0 bridgehead atoms. The Labute approximate surface area is 112 Å². The van der Waals surface area contributed by atoms with Crippen LogP contribution in [0.3, 0.4) is 0 Å². The summed E-state index contributed by atoms with van der Waals surface area (Å²) in [5.41, 5.74) is 1.83. The molecule has 1 saturated carbocycles. The number of hydrogen-bond donors (Lipinski definition) is 2. The van der Waals surface area contributed by atoms with Gasteiger partial charge in [-0.3, -0.25) is 9.59 Å². The molecule has 2 rings (SSSR count). The lowest BCUT2D eigenvalue weighted by atomic mass is 10.2. The van der Waals surface area contributed by atoms with Crippen molar-refractivity contribution >= 4 is 17.6 Å². The molecule has 1 amide bonds. The average molecular weight is 262 g/mol. The maximum absolute atomic E-state index is 11.8. The maximum Gasteiger partial charge on any atom is 0.307 e. The van der Waals surface area contributed by atoms with Crippen molar-refractivity contribution in [2.24, 2.45) is 11.8 Å². The monoisotopic (exact) mass is 262 g/mol. The second-order valence-corrected chi connectivity index (χ2v) is 5.21. The highest BCUT2D eigenvalue weighted by Gasteiger charge is 2.48. The summed E-state index contributed by atoms with van der Waals surface area (Å²) in [6, 6.07) is 7.61. The van der Waals surface area contributed by atoms with Gasteiger partial charge in [-0.2, -0.15) is 0 Å². The van der Waals surface area contributed by atoms with Crippen LogP contribution in [-0.2, 0) is 16.1 Å². The summed E-state index contributed by atoms with van der Waals surface area (Å²) in [5, 5.41) is 11.6. The van der Waals surface area contributed by atoms with Gasteiger partial charge in [-0.1, -0.05) is 12.1 Å². The first-order valence-electron chi connectivity index (χ1n) is 6.24. The molecule has 5 nitrogen and oxygen atoms in total. The van der Waals surface area contributed by atoms with Gasteiger partial charge in [0.1, 0.15) is 0 Å². The molecule has 1 fully saturated rings. The molecule has 19 heavy (non-hydrogen) atoms. The van der Waals surface area contributed by atoms with Crippen LogP contribution in [0, 0.1) is 11.8 Å². The third kappa shape index (κ3) is 3.54. The molecular formula is C14H18N2O3. The minimum absolute atomic E-state index is 0.200. The van der Waals surface area contributed by atoms with Crippen molar-refractivity contribution in [2.75, 3.05) is 19.4 Å². The third-order valence-electron chi connectivity index (χ3n) is 3.14. The number of rotatable bonds is 5. The number of benzene rings is 1. The number of carbonyl (C=O) groups is 2. The van der Waals surface area contributed by atoms with Crippen LogP contribution in [0.15, 0.2) is 24.3 Å². The minimum Gasteiger partial charge on any atom is -0.481 e. The van der Waals surface area contributed by atoms with Gasteiger partial charge >= 0.3 is 5.97 Å². The minimum atomic E-state index is -0.887. The van der Waals surface area contributed by atoms with Crippen molar-refractivity contribution < 1.29 is 14.7 Å². The summed E-state index contributed by atoms with van der Waals surface area (Å²) >= 11 is 0. The summed E-state index contributed by atoms with van der Waals surface area (Å²) in [4.78, 5) is 24.6. The van der Waals surface area contributed by atoms with Gasteiger partial charge < -0.3 is 15.3 Å². The molecule has 0 heterocycles. The molecule has 2 atom stereocenters. The standard InChI is InChI=1S/C14H18N2O3/c1-16(2)8-9-4-3-5-10(6-9)15-13(17)11-7-12(11)14(18)19/h3-6,11-12H,7-8H2,1-2H3,(H,15,17)(H,18,19). The fraction of sp³-hybridized carbons (Fsp3) is 0.429. The zero-order valence-corrected chi connectivity index (χ0v) is 11.1. The fourth-order valence-corrected chi connectivity index (χ4v) is 2.11. The molecule has 2 unspecified atom stereocenters. The molecule has 102 valence electrons.